The molecule has 0 atom stereocenters. The lowest BCUT2D eigenvalue weighted by Gasteiger charge is -2.36. The molecule has 17 heteroatoms. The normalized spacial score (nSPS) is 11.2. The van der Waals surface area contributed by atoms with Gasteiger partial charge in [0.25, 0.3) is 0 Å². The maximum atomic E-state index is 13.4. The van der Waals surface area contributed by atoms with Crippen LogP contribution in [0.3, 0.4) is 0 Å². The van der Waals surface area contributed by atoms with E-state index in [1.165, 1.54) is 56.9 Å². The number of carbonyl (C=O) groups excluding carboxylic acids is 1. The maximum Gasteiger partial charge on any atom is 0.323 e. The average Bonchev–Trinajstić information content (AvgIpc) is 4.23. The van der Waals surface area contributed by atoms with E-state index >= 15 is 0 Å². The van der Waals surface area contributed by atoms with Crippen LogP contribution in [0.25, 0.3) is 22.3 Å². The van der Waals surface area contributed by atoms with E-state index < -0.39 is 10.7 Å². The van der Waals surface area contributed by atoms with E-state index in [4.69, 9.17) is 16.6 Å². The van der Waals surface area contributed by atoms with Gasteiger partial charge in [-0.15, -0.1) is 36.7 Å². The minimum atomic E-state index is -0.957. The van der Waals surface area contributed by atoms with Crippen molar-refractivity contribution in [1.29, 1.82) is 0 Å². The molecule has 0 spiro atoms. The maximum absolute atomic E-state index is 13.4. The molecular weight excluding hydrogens is 1020 g/mol. The third kappa shape index (κ3) is 13.6. The Hall–Kier alpha value is -8.90. The zero-order valence-electron chi connectivity index (χ0n) is 43.6. The van der Waals surface area contributed by atoms with Gasteiger partial charge in [0.1, 0.15) is 36.8 Å². The van der Waals surface area contributed by atoms with Gasteiger partial charge in [-0.1, -0.05) is 194 Å². The molecule has 1 amide bonds. The molecule has 0 saturated carbocycles. The van der Waals surface area contributed by atoms with Gasteiger partial charge >= 0.3 is 5.97 Å². The number of nitrogens with two attached hydrogens (primary N) is 2. The Balaban J connectivity index is 0.000000175. The Kier molecular flexibility index (Phi) is 19.9. The predicted molar refractivity (Wildman–Crippen MR) is 320 cm³/mol. The van der Waals surface area contributed by atoms with Crippen LogP contribution in [0.4, 0.5) is 11.6 Å². The number of amides is 1. The van der Waals surface area contributed by atoms with Crippen molar-refractivity contribution >= 4 is 69.4 Å². The van der Waals surface area contributed by atoms with Gasteiger partial charge in [-0.05, 0) is 33.4 Å². The number of thioether (sulfide) groups is 2. The number of nitrogens with one attached hydrogen (secondary N) is 1. The van der Waals surface area contributed by atoms with Crippen LogP contribution < -0.4 is 16.8 Å². The molecule has 0 unspecified atom stereocenters. The highest BCUT2D eigenvalue weighted by Gasteiger charge is 2.38. The summed E-state index contributed by atoms with van der Waals surface area (Å²) in [5.41, 5.74) is 20.8. The molecule has 0 radical (unpaired) electrons. The number of nitrogens with zero attached hydrogens (tertiary/aromatic N) is 9. The smallest absolute Gasteiger partial charge is 0.323 e. The number of aliphatic carboxylic acids is 1. The molecule has 15 nitrogen and oxygen atoms in total. The second-order valence-electron chi connectivity index (χ2n) is 17.9. The van der Waals surface area contributed by atoms with Crippen LogP contribution in [-0.4, -0.2) is 98.6 Å². The monoisotopic (exact) mass is 1090 g/mol. The second kappa shape index (κ2) is 27.9. The highest BCUT2D eigenvalue weighted by atomic mass is 32.2. The van der Waals surface area contributed by atoms with Gasteiger partial charge in [-0.3, -0.25) is 9.59 Å². The molecule has 4 aromatic heterocycles. The van der Waals surface area contributed by atoms with Crippen LogP contribution in [-0.2, 0) is 32.2 Å². The SMILES string of the molecule is C=CCN(CCSC(c1ccccc1)(c1ccccc1)c1ccccc1)C(=O)Cn1cnc2c(N)ncnc21.C=CCNCCSC(c1ccccc1)(c1ccccc1)c1ccccc1.Nc1ncnc2c1ncn2CC(=O)O. The van der Waals surface area contributed by atoms with Crippen molar-refractivity contribution in [2.45, 2.75) is 22.6 Å². The third-order valence-corrected chi connectivity index (χ3v) is 15.9. The minimum Gasteiger partial charge on any atom is -0.480 e. The molecule has 6 N–H and O–H groups in total. The van der Waals surface area contributed by atoms with Crippen LogP contribution in [0.5, 0.6) is 0 Å². The lowest BCUT2D eigenvalue weighted by Crippen LogP contribution is -2.36. The molecule has 4 heterocycles. The summed E-state index contributed by atoms with van der Waals surface area (Å²) in [6.07, 6.45) is 9.28. The molecule has 0 aliphatic rings. The van der Waals surface area contributed by atoms with Gasteiger partial charge in [0.2, 0.25) is 5.91 Å². The fourth-order valence-electron chi connectivity index (χ4n) is 9.22. The first kappa shape index (κ1) is 56.3. The summed E-state index contributed by atoms with van der Waals surface area (Å²) in [6.45, 7) is 10.4. The zero-order valence-corrected chi connectivity index (χ0v) is 45.2. The largest absolute Gasteiger partial charge is 0.480 e. The second-order valence-corrected chi connectivity index (χ2v) is 20.5. The van der Waals surface area contributed by atoms with Crippen molar-refractivity contribution in [2.75, 3.05) is 49.2 Å². The summed E-state index contributed by atoms with van der Waals surface area (Å²) < 4.78 is 2.44. The van der Waals surface area contributed by atoms with Gasteiger partial charge in [0, 0.05) is 37.7 Å². The number of hydrogen-bond donors (Lipinski definition) is 4. The van der Waals surface area contributed by atoms with Crippen LogP contribution in [0, 0.1) is 0 Å². The van der Waals surface area contributed by atoms with Crippen molar-refractivity contribution in [3.8, 4) is 0 Å². The van der Waals surface area contributed by atoms with Gasteiger partial charge < -0.3 is 35.9 Å². The van der Waals surface area contributed by atoms with Gasteiger partial charge in [-0.25, -0.2) is 29.9 Å². The van der Waals surface area contributed by atoms with Gasteiger partial charge in [0.15, 0.2) is 22.9 Å². The molecule has 10 rings (SSSR count). The third-order valence-electron chi connectivity index (χ3n) is 12.8. The summed E-state index contributed by atoms with van der Waals surface area (Å²) in [7, 11) is 0. The number of hydrogen-bond acceptors (Lipinski definition) is 13. The Morgan fingerprint density at radius 1 is 0.532 bits per heavy atom. The molecule has 0 fully saturated rings. The van der Waals surface area contributed by atoms with E-state index in [1.807, 2.05) is 52.7 Å². The molecule has 0 aliphatic carbocycles. The Morgan fingerprint density at radius 2 is 0.899 bits per heavy atom. The van der Waals surface area contributed by atoms with Crippen molar-refractivity contribution in [2.24, 2.45) is 0 Å². The number of nitrogen functional groups attached to an aromatic ring is 2. The first-order valence-electron chi connectivity index (χ1n) is 25.5. The fourth-order valence-corrected chi connectivity index (χ4v) is 12.2. The van der Waals surface area contributed by atoms with E-state index in [0.29, 0.717) is 47.0 Å². The number of aromatic nitrogens is 8. The topological polar surface area (TPSA) is 209 Å². The van der Waals surface area contributed by atoms with Gasteiger partial charge in [0.05, 0.1) is 22.1 Å². The van der Waals surface area contributed by atoms with E-state index in [0.717, 1.165) is 18.8 Å². The number of carbonyl (C=O) groups is 2. The number of anilines is 2. The van der Waals surface area contributed by atoms with E-state index in [-0.39, 0.29) is 29.6 Å². The Bertz CT molecular complexity index is 3330. The van der Waals surface area contributed by atoms with Crippen molar-refractivity contribution in [3.05, 3.63) is 266 Å². The summed E-state index contributed by atoms with van der Waals surface area (Å²) >= 11 is 3.81. The predicted octanol–water partition coefficient (Wildman–Crippen LogP) is 10.1. The van der Waals surface area contributed by atoms with E-state index in [1.54, 1.807) is 17.0 Å². The van der Waals surface area contributed by atoms with Crippen LogP contribution >= 0.6 is 23.5 Å². The highest BCUT2D eigenvalue weighted by Crippen LogP contribution is 2.49. The molecule has 0 bridgehead atoms. The van der Waals surface area contributed by atoms with E-state index in [2.05, 4.69) is 212 Å². The number of fused-ring (bicyclic) bond motifs is 2. The molecule has 400 valence electrons. The van der Waals surface area contributed by atoms with Crippen molar-refractivity contribution < 1.29 is 14.7 Å². The number of carboxylic acid groups (broad SMARTS) is 1. The molecular formula is C62H62N12O3S2. The number of carboxylic acids is 1. The molecule has 6 aromatic carbocycles. The lowest BCUT2D eigenvalue weighted by molar-refractivity contribution is -0.137. The molecule has 0 saturated heterocycles. The quantitative estimate of drug-likeness (QED) is 0.0283. The summed E-state index contributed by atoms with van der Waals surface area (Å²) in [5, 5.41) is 12.0. The standard InChI is InChI=1S/C31H30N6OS.C24H25NS.C7H7N5O2/c1-2-18-36(27(38)21-37-23-35-28-29(32)33-22-34-30(28)37)19-20-39-31(24-12-6-3-7-13-24,25-14-8-4-9-15-25)26-16-10-5-11-17-26;1-2-18-25-19-20-26-24(21-12-6-3-7-13-21,22-14-8-4-9-15-22)23-16-10-5-11-17-23;8-6-5-7(10-2-9-6)12(3-11-5)1-4(13)14/h2-17,22-23H,1,18-21H2,(H2,32,33,34);2-17,25H,1,18-20H2;2-3H,1H2,(H,13,14)(H2,8,9,10). The summed E-state index contributed by atoms with van der Waals surface area (Å²) in [5.74, 6) is 1.26. The number of benzene rings is 6. The lowest BCUT2D eigenvalue weighted by atomic mass is 9.84. The van der Waals surface area contributed by atoms with Gasteiger partial charge in [-0.2, -0.15) is 0 Å². The van der Waals surface area contributed by atoms with Crippen molar-refractivity contribution in [3.63, 3.8) is 0 Å². The highest BCUT2D eigenvalue weighted by molar-refractivity contribution is 8.00. The first-order chi connectivity index (χ1) is 38.7. The Morgan fingerprint density at radius 3 is 1.25 bits per heavy atom. The van der Waals surface area contributed by atoms with Crippen LogP contribution in [0.2, 0.25) is 0 Å². The van der Waals surface area contributed by atoms with Crippen LogP contribution in [0.1, 0.15) is 33.4 Å². The van der Waals surface area contributed by atoms with E-state index in [9.17, 15) is 9.59 Å². The molecule has 10 aromatic rings. The molecule has 0 aliphatic heterocycles. The van der Waals surface area contributed by atoms with Crippen molar-refractivity contribution in [1.82, 2.24) is 49.3 Å². The average molecular weight is 1090 g/mol. The zero-order chi connectivity index (χ0) is 55.3. The minimum absolute atomic E-state index is 0.0447. The summed E-state index contributed by atoms with van der Waals surface area (Å²) in [6, 6.07) is 64.1. The number of rotatable bonds is 22. The summed E-state index contributed by atoms with van der Waals surface area (Å²) in [4.78, 5) is 49.8. The van der Waals surface area contributed by atoms with Crippen LogP contribution in [0.15, 0.2) is 233 Å². The fraction of sp³-hybridized carbons (Fsp3) is 0.161. The first-order valence-corrected chi connectivity index (χ1v) is 27.5. The number of imidazole rings is 2. The molecule has 79 heavy (non-hydrogen) atoms. The Labute approximate surface area is 468 Å².